The lowest BCUT2D eigenvalue weighted by Gasteiger charge is -2.35. The second-order valence-corrected chi connectivity index (χ2v) is 6.40. The molecule has 2 aliphatic rings. The number of hydrogen-bond donors (Lipinski definition) is 1. The van der Waals surface area contributed by atoms with Crippen molar-refractivity contribution in [3.63, 3.8) is 0 Å². The summed E-state index contributed by atoms with van der Waals surface area (Å²) in [5, 5.41) is 13.0. The summed E-state index contributed by atoms with van der Waals surface area (Å²) in [5.74, 6) is -0.214. The van der Waals surface area contributed by atoms with Gasteiger partial charge in [-0.2, -0.15) is 18.3 Å². The van der Waals surface area contributed by atoms with Crippen LogP contribution in [-0.4, -0.2) is 51.5 Å². The molecule has 1 fully saturated rings. The molecule has 26 heavy (non-hydrogen) atoms. The number of hydrogen-bond acceptors (Lipinski definition) is 4. The Kier molecular flexibility index (Phi) is 4.00. The number of carbonyl (C=O) groups excluding carboxylic acids is 1. The summed E-state index contributed by atoms with van der Waals surface area (Å²) in [6.07, 6.45) is -4.70. The number of rotatable bonds is 2. The molecule has 0 unspecified atom stereocenters. The Hall–Kier alpha value is -2.39. The molecule has 1 N–H and O–H groups in total. The van der Waals surface area contributed by atoms with E-state index in [1.54, 1.807) is 24.3 Å². The molecule has 1 saturated heterocycles. The third kappa shape index (κ3) is 2.86. The molecule has 9 heteroatoms. The largest absolute Gasteiger partial charge is 0.435 e. The van der Waals surface area contributed by atoms with Crippen LogP contribution in [0.4, 0.5) is 13.2 Å². The van der Waals surface area contributed by atoms with Gasteiger partial charge in [0.1, 0.15) is 0 Å². The number of likely N-dealkylation sites (tertiary alicyclic amines) is 1. The smallest absolute Gasteiger partial charge is 0.389 e. The highest BCUT2D eigenvalue weighted by molar-refractivity contribution is 5.95. The summed E-state index contributed by atoms with van der Waals surface area (Å²) >= 11 is 0. The van der Waals surface area contributed by atoms with Gasteiger partial charge in [0.25, 0.3) is 5.91 Å². The predicted octanol–water partition coefficient (Wildman–Crippen LogP) is 1.78. The average Bonchev–Trinajstić information content (AvgIpc) is 2.98. The Morgan fingerprint density at radius 3 is 2.54 bits per heavy atom. The highest BCUT2D eigenvalue weighted by Crippen LogP contribution is 2.35. The Bertz CT molecular complexity index is 839. The molecule has 0 radical (unpaired) electrons. The van der Waals surface area contributed by atoms with E-state index < -0.39 is 18.0 Å². The minimum absolute atomic E-state index is 0.0680. The van der Waals surface area contributed by atoms with Crippen molar-refractivity contribution in [3.05, 3.63) is 46.8 Å². The predicted molar refractivity (Wildman–Crippen MR) is 83.8 cm³/mol. The highest BCUT2D eigenvalue weighted by atomic mass is 19.4. The number of benzene rings is 1. The van der Waals surface area contributed by atoms with Crippen molar-refractivity contribution in [1.82, 2.24) is 14.7 Å². The van der Waals surface area contributed by atoms with E-state index in [9.17, 15) is 23.1 Å². The van der Waals surface area contributed by atoms with Crippen LogP contribution in [0.3, 0.4) is 0 Å². The first-order valence-corrected chi connectivity index (χ1v) is 8.18. The molecule has 4 rings (SSSR count). The van der Waals surface area contributed by atoms with E-state index in [0.29, 0.717) is 43.1 Å². The number of aliphatic hydroxyl groups excluding tert-OH is 1. The van der Waals surface area contributed by atoms with Gasteiger partial charge in [-0.1, -0.05) is 0 Å². The molecule has 6 nitrogen and oxygen atoms in total. The SMILES string of the molecule is O=C(c1ccc(-n2nc(C(F)(F)F)c3c2CCOC3)cc1)N1CC(O)C1. The first kappa shape index (κ1) is 17.0. The van der Waals surface area contributed by atoms with Crippen LogP contribution < -0.4 is 0 Å². The van der Waals surface area contributed by atoms with Crippen LogP contribution in [0.2, 0.25) is 0 Å². The molecule has 0 aliphatic carbocycles. The molecule has 1 aromatic carbocycles. The number of amides is 1. The van der Waals surface area contributed by atoms with Gasteiger partial charge in [0, 0.05) is 30.6 Å². The van der Waals surface area contributed by atoms with E-state index in [4.69, 9.17) is 4.74 Å². The zero-order valence-corrected chi connectivity index (χ0v) is 13.7. The second-order valence-electron chi connectivity index (χ2n) is 6.40. The van der Waals surface area contributed by atoms with Crippen molar-refractivity contribution >= 4 is 5.91 Å². The van der Waals surface area contributed by atoms with Crippen molar-refractivity contribution in [3.8, 4) is 5.69 Å². The topological polar surface area (TPSA) is 67.6 Å². The maximum atomic E-state index is 13.2. The van der Waals surface area contributed by atoms with E-state index in [2.05, 4.69) is 5.10 Å². The summed E-state index contributed by atoms with van der Waals surface area (Å²) in [6, 6.07) is 6.27. The minimum atomic E-state index is -4.55. The average molecular weight is 367 g/mol. The van der Waals surface area contributed by atoms with E-state index in [1.165, 1.54) is 9.58 Å². The van der Waals surface area contributed by atoms with Gasteiger partial charge >= 0.3 is 6.18 Å². The summed E-state index contributed by atoms with van der Waals surface area (Å²) in [6.45, 7) is 0.812. The molecule has 0 saturated carbocycles. The molecule has 3 heterocycles. The van der Waals surface area contributed by atoms with Gasteiger partial charge in [0.15, 0.2) is 5.69 Å². The van der Waals surface area contributed by atoms with Crippen LogP contribution in [0, 0.1) is 0 Å². The fourth-order valence-electron chi connectivity index (χ4n) is 3.23. The number of alkyl halides is 3. The van der Waals surface area contributed by atoms with Gasteiger partial charge in [0.05, 0.1) is 30.7 Å². The molecule has 1 amide bonds. The van der Waals surface area contributed by atoms with E-state index in [-0.39, 0.29) is 18.1 Å². The number of ether oxygens (including phenoxy) is 1. The van der Waals surface area contributed by atoms with Gasteiger partial charge in [-0.25, -0.2) is 4.68 Å². The Morgan fingerprint density at radius 1 is 1.23 bits per heavy atom. The molecule has 0 bridgehead atoms. The number of halogens is 3. The Morgan fingerprint density at radius 2 is 1.92 bits per heavy atom. The van der Waals surface area contributed by atoms with Gasteiger partial charge in [-0.15, -0.1) is 0 Å². The van der Waals surface area contributed by atoms with Crippen LogP contribution in [0.1, 0.15) is 27.3 Å². The first-order chi connectivity index (χ1) is 12.3. The zero-order valence-electron chi connectivity index (χ0n) is 13.7. The molecule has 2 aliphatic heterocycles. The number of aromatic nitrogens is 2. The normalized spacial score (nSPS) is 17.8. The van der Waals surface area contributed by atoms with Crippen molar-refractivity contribution in [1.29, 1.82) is 0 Å². The van der Waals surface area contributed by atoms with Crippen LogP contribution in [0.5, 0.6) is 0 Å². The molecule has 0 atom stereocenters. The number of aliphatic hydroxyl groups is 1. The lowest BCUT2D eigenvalue weighted by atomic mass is 10.1. The molecular formula is C17H16F3N3O3. The van der Waals surface area contributed by atoms with Crippen molar-refractivity contribution in [2.75, 3.05) is 19.7 Å². The zero-order chi connectivity index (χ0) is 18.5. The molecule has 1 aromatic heterocycles. The van der Waals surface area contributed by atoms with Crippen LogP contribution in [0.15, 0.2) is 24.3 Å². The minimum Gasteiger partial charge on any atom is -0.389 e. The summed E-state index contributed by atoms with van der Waals surface area (Å²) in [5.41, 5.74) is 0.494. The van der Waals surface area contributed by atoms with Crippen LogP contribution >= 0.6 is 0 Å². The van der Waals surface area contributed by atoms with Gasteiger partial charge < -0.3 is 14.7 Å². The van der Waals surface area contributed by atoms with Crippen molar-refractivity contribution < 1.29 is 27.8 Å². The molecule has 2 aromatic rings. The van der Waals surface area contributed by atoms with E-state index >= 15 is 0 Å². The molecule has 138 valence electrons. The fourth-order valence-corrected chi connectivity index (χ4v) is 3.23. The van der Waals surface area contributed by atoms with E-state index in [1.807, 2.05) is 0 Å². The second kappa shape index (κ2) is 6.10. The van der Waals surface area contributed by atoms with Crippen molar-refractivity contribution in [2.24, 2.45) is 0 Å². The molecular weight excluding hydrogens is 351 g/mol. The van der Waals surface area contributed by atoms with Crippen LogP contribution in [0.25, 0.3) is 5.69 Å². The summed E-state index contributed by atoms with van der Waals surface area (Å²) in [4.78, 5) is 13.7. The number of fused-ring (bicyclic) bond motifs is 1. The molecule has 0 spiro atoms. The summed E-state index contributed by atoms with van der Waals surface area (Å²) in [7, 11) is 0. The lowest BCUT2D eigenvalue weighted by Crippen LogP contribution is -2.53. The Labute approximate surface area is 146 Å². The fraction of sp³-hybridized carbons (Fsp3) is 0.412. The third-order valence-corrected chi connectivity index (χ3v) is 4.60. The maximum absolute atomic E-state index is 13.2. The quantitative estimate of drug-likeness (QED) is 0.879. The van der Waals surface area contributed by atoms with Gasteiger partial charge in [0.2, 0.25) is 0 Å². The Balaban J connectivity index is 1.66. The number of carbonyl (C=O) groups is 1. The third-order valence-electron chi connectivity index (χ3n) is 4.60. The van der Waals surface area contributed by atoms with Gasteiger partial charge in [-0.3, -0.25) is 4.79 Å². The first-order valence-electron chi connectivity index (χ1n) is 8.18. The standard InChI is InChI=1S/C17H16F3N3O3/c18-17(19,20)15-13-9-26-6-5-14(13)23(21-15)11-3-1-10(2-4-11)16(25)22-7-12(24)8-22/h1-4,12,24H,5-9H2. The maximum Gasteiger partial charge on any atom is 0.435 e. The van der Waals surface area contributed by atoms with Crippen LogP contribution in [-0.2, 0) is 23.9 Å². The van der Waals surface area contributed by atoms with E-state index in [0.717, 1.165) is 0 Å². The number of β-amino-alcohol motifs (C(OH)–C–C–N with tert-alkyl or cyclic N) is 1. The van der Waals surface area contributed by atoms with Crippen molar-refractivity contribution in [2.45, 2.75) is 25.3 Å². The van der Waals surface area contributed by atoms with Gasteiger partial charge in [-0.05, 0) is 24.3 Å². The monoisotopic (exact) mass is 367 g/mol. The number of nitrogens with zero attached hydrogens (tertiary/aromatic N) is 3. The highest BCUT2D eigenvalue weighted by Gasteiger charge is 2.40. The summed E-state index contributed by atoms with van der Waals surface area (Å²) < 4.78 is 46.2. The lowest BCUT2D eigenvalue weighted by molar-refractivity contribution is -0.142.